The number of hydrogen-bond donors (Lipinski definition) is 1. The van der Waals surface area contributed by atoms with Crippen molar-refractivity contribution in [3.8, 4) is 11.5 Å². The molecule has 0 aliphatic carbocycles. The molecule has 0 bridgehead atoms. The summed E-state index contributed by atoms with van der Waals surface area (Å²) in [5.74, 6) is 1.51. The van der Waals surface area contributed by atoms with Gasteiger partial charge in [-0.15, -0.1) is 0 Å². The molecule has 0 amide bonds. The van der Waals surface area contributed by atoms with Gasteiger partial charge in [0, 0.05) is 19.3 Å². The molecule has 0 atom stereocenters. The fourth-order valence-electron chi connectivity index (χ4n) is 1.61. The molecule has 5 nitrogen and oxygen atoms in total. The largest absolute Gasteiger partial charge is 0.493 e. The molecule has 1 N–H and O–H groups in total. The van der Waals surface area contributed by atoms with Crippen LogP contribution in [0.25, 0.3) is 0 Å². The van der Waals surface area contributed by atoms with Gasteiger partial charge in [-0.2, -0.15) is 0 Å². The fraction of sp³-hybridized carbons (Fsp3) is 0.286. The second-order valence-electron chi connectivity index (χ2n) is 3.88. The van der Waals surface area contributed by atoms with E-state index in [9.17, 15) is 0 Å². The zero-order valence-electron chi connectivity index (χ0n) is 10.9. The van der Waals surface area contributed by atoms with Crippen molar-refractivity contribution < 1.29 is 9.47 Å². The van der Waals surface area contributed by atoms with Gasteiger partial charge in [0.25, 0.3) is 0 Å². The van der Waals surface area contributed by atoms with Crippen molar-refractivity contribution >= 4 is 0 Å². The molecule has 19 heavy (non-hydrogen) atoms. The molecule has 0 saturated carbocycles. The highest BCUT2D eigenvalue weighted by Gasteiger charge is 2.01. The molecule has 0 saturated heterocycles. The maximum Gasteiger partial charge on any atom is 0.161 e. The number of hydrogen-bond acceptors (Lipinski definition) is 5. The summed E-state index contributed by atoms with van der Waals surface area (Å²) in [6, 6.07) is 9.49. The average molecular weight is 259 g/mol. The summed E-state index contributed by atoms with van der Waals surface area (Å²) in [4.78, 5) is 8.00. The van der Waals surface area contributed by atoms with Crippen LogP contribution in [0.5, 0.6) is 11.5 Å². The third-order valence-corrected chi connectivity index (χ3v) is 2.55. The molecule has 0 radical (unpaired) electrons. The first kappa shape index (κ1) is 13.3. The lowest BCUT2D eigenvalue weighted by Crippen LogP contribution is -2.21. The van der Waals surface area contributed by atoms with E-state index in [1.54, 1.807) is 19.6 Å². The highest BCUT2D eigenvalue weighted by molar-refractivity contribution is 5.39. The monoisotopic (exact) mass is 259 g/mol. The molecular formula is C14H17N3O2. The SMILES string of the molecule is COc1ccccc1OCCNCc1ccncn1. The molecule has 1 aromatic carbocycles. The first-order valence-electron chi connectivity index (χ1n) is 6.11. The lowest BCUT2D eigenvalue weighted by Gasteiger charge is -2.10. The van der Waals surface area contributed by atoms with Crippen LogP contribution in [0.4, 0.5) is 0 Å². The molecule has 0 fully saturated rings. The van der Waals surface area contributed by atoms with Crippen LogP contribution in [0.3, 0.4) is 0 Å². The lowest BCUT2D eigenvalue weighted by molar-refractivity contribution is 0.292. The second-order valence-corrected chi connectivity index (χ2v) is 3.88. The Morgan fingerprint density at radius 3 is 2.74 bits per heavy atom. The first-order valence-corrected chi connectivity index (χ1v) is 6.11. The molecule has 2 rings (SSSR count). The number of methoxy groups -OCH3 is 1. The molecule has 0 spiro atoms. The molecule has 2 aromatic rings. The number of nitrogens with zero attached hydrogens (tertiary/aromatic N) is 2. The fourth-order valence-corrected chi connectivity index (χ4v) is 1.61. The summed E-state index contributed by atoms with van der Waals surface area (Å²) < 4.78 is 10.9. The van der Waals surface area contributed by atoms with E-state index in [-0.39, 0.29) is 0 Å². The van der Waals surface area contributed by atoms with Crippen molar-refractivity contribution in [2.75, 3.05) is 20.3 Å². The van der Waals surface area contributed by atoms with E-state index in [0.29, 0.717) is 13.2 Å². The third-order valence-electron chi connectivity index (χ3n) is 2.55. The van der Waals surface area contributed by atoms with Crippen LogP contribution in [0.15, 0.2) is 42.9 Å². The Hall–Kier alpha value is -2.14. The smallest absolute Gasteiger partial charge is 0.161 e. The number of benzene rings is 1. The number of para-hydroxylation sites is 2. The summed E-state index contributed by atoms with van der Waals surface area (Å²) in [6.45, 7) is 2.02. The second kappa shape index (κ2) is 7.33. The van der Waals surface area contributed by atoms with Crippen molar-refractivity contribution in [2.24, 2.45) is 0 Å². The summed E-state index contributed by atoms with van der Waals surface area (Å²) in [5, 5.41) is 3.25. The van der Waals surface area contributed by atoms with Crippen LogP contribution in [-0.4, -0.2) is 30.2 Å². The van der Waals surface area contributed by atoms with Crippen LogP contribution in [0.1, 0.15) is 5.69 Å². The Morgan fingerprint density at radius 1 is 1.16 bits per heavy atom. The molecule has 1 heterocycles. The van der Waals surface area contributed by atoms with Crippen LogP contribution in [-0.2, 0) is 6.54 Å². The first-order chi connectivity index (χ1) is 9.40. The molecule has 100 valence electrons. The standard InChI is InChI=1S/C14H17N3O2/c1-18-13-4-2-3-5-14(13)19-9-8-15-10-12-6-7-16-11-17-12/h2-7,11,15H,8-10H2,1H3. The summed E-state index contributed by atoms with van der Waals surface area (Å²) in [5.41, 5.74) is 0.965. The minimum absolute atomic E-state index is 0.575. The van der Waals surface area contributed by atoms with Crippen molar-refractivity contribution in [3.05, 3.63) is 48.5 Å². The van der Waals surface area contributed by atoms with Gasteiger partial charge in [-0.25, -0.2) is 9.97 Å². The normalized spacial score (nSPS) is 10.2. The van der Waals surface area contributed by atoms with Crippen LogP contribution < -0.4 is 14.8 Å². The van der Waals surface area contributed by atoms with Gasteiger partial charge in [0.1, 0.15) is 12.9 Å². The molecule has 0 unspecified atom stereocenters. The van der Waals surface area contributed by atoms with E-state index >= 15 is 0 Å². The number of ether oxygens (including phenoxy) is 2. The predicted molar refractivity (Wildman–Crippen MR) is 72.2 cm³/mol. The number of nitrogens with one attached hydrogen (secondary N) is 1. The third kappa shape index (κ3) is 4.22. The Kier molecular flexibility index (Phi) is 5.13. The highest BCUT2D eigenvalue weighted by atomic mass is 16.5. The minimum atomic E-state index is 0.575. The van der Waals surface area contributed by atoms with Crippen LogP contribution in [0, 0.1) is 0 Å². The zero-order chi connectivity index (χ0) is 13.3. The van der Waals surface area contributed by atoms with Gasteiger partial charge in [-0.3, -0.25) is 0 Å². The van der Waals surface area contributed by atoms with E-state index in [1.807, 2.05) is 30.3 Å². The summed E-state index contributed by atoms with van der Waals surface area (Å²) in [6.07, 6.45) is 3.28. The van der Waals surface area contributed by atoms with Crippen molar-refractivity contribution in [3.63, 3.8) is 0 Å². The Balaban J connectivity index is 1.69. The van der Waals surface area contributed by atoms with Crippen LogP contribution in [0.2, 0.25) is 0 Å². The van der Waals surface area contributed by atoms with E-state index in [0.717, 1.165) is 23.7 Å². The minimum Gasteiger partial charge on any atom is -0.493 e. The maximum atomic E-state index is 5.65. The molecular weight excluding hydrogens is 242 g/mol. The predicted octanol–water partition coefficient (Wildman–Crippen LogP) is 1.65. The Labute approximate surface area is 112 Å². The van der Waals surface area contributed by atoms with E-state index in [1.165, 1.54) is 0 Å². The van der Waals surface area contributed by atoms with E-state index in [2.05, 4.69) is 15.3 Å². The topological polar surface area (TPSA) is 56.3 Å². The maximum absolute atomic E-state index is 5.65. The average Bonchev–Trinajstić information content (AvgIpc) is 2.48. The molecule has 1 aromatic heterocycles. The van der Waals surface area contributed by atoms with Gasteiger partial charge in [0.05, 0.1) is 12.8 Å². The van der Waals surface area contributed by atoms with E-state index in [4.69, 9.17) is 9.47 Å². The van der Waals surface area contributed by atoms with Gasteiger partial charge in [0.2, 0.25) is 0 Å². The quantitative estimate of drug-likeness (QED) is 0.766. The summed E-state index contributed by atoms with van der Waals surface area (Å²) >= 11 is 0. The van der Waals surface area contributed by atoms with Crippen LogP contribution >= 0.6 is 0 Å². The van der Waals surface area contributed by atoms with Gasteiger partial charge >= 0.3 is 0 Å². The Bertz CT molecular complexity index is 491. The molecule has 0 aliphatic rings. The zero-order valence-corrected chi connectivity index (χ0v) is 10.9. The lowest BCUT2D eigenvalue weighted by atomic mass is 10.3. The summed E-state index contributed by atoms with van der Waals surface area (Å²) in [7, 11) is 1.63. The number of rotatable bonds is 7. The molecule has 0 aliphatic heterocycles. The van der Waals surface area contributed by atoms with Gasteiger partial charge in [0.15, 0.2) is 11.5 Å². The van der Waals surface area contributed by atoms with Crippen molar-refractivity contribution in [2.45, 2.75) is 6.54 Å². The molecule has 5 heteroatoms. The van der Waals surface area contributed by atoms with Gasteiger partial charge in [-0.05, 0) is 18.2 Å². The van der Waals surface area contributed by atoms with Crippen molar-refractivity contribution in [1.29, 1.82) is 0 Å². The Morgan fingerprint density at radius 2 is 2.00 bits per heavy atom. The van der Waals surface area contributed by atoms with Gasteiger partial charge < -0.3 is 14.8 Å². The number of aromatic nitrogens is 2. The van der Waals surface area contributed by atoms with E-state index < -0.39 is 0 Å². The highest BCUT2D eigenvalue weighted by Crippen LogP contribution is 2.25. The van der Waals surface area contributed by atoms with Crippen molar-refractivity contribution in [1.82, 2.24) is 15.3 Å². The van der Waals surface area contributed by atoms with Gasteiger partial charge in [-0.1, -0.05) is 12.1 Å².